The Bertz CT molecular complexity index is 921. The highest BCUT2D eigenvalue weighted by Gasteiger charge is 2.45. The lowest BCUT2D eigenvalue weighted by molar-refractivity contribution is -0.884. The molecule has 0 radical (unpaired) electrons. The van der Waals surface area contributed by atoms with Crippen molar-refractivity contribution >= 4 is 29.5 Å². The summed E-state index contributed by atoms with van der Waals surface area (Å²) in [5.41, 5.74) is -0.596. The second-order valence-corrected chi connectivity index (χ2v) is 11.4. The van der Waals surface area contributed by atoms with Gasteiger partial charge in [0.1, 0.15) is 6.10 Å². The molecule has 1 aromatic carbocycles. The summed E-state index contributed by atoms with van der Waals surface area (Å²) in [5.74, 6) is 0.00841. The summed E-state index contributed by atoms with van der Waals surface area (Å²) in [6.45, 7) is 15.5. The van der Waals surface area contributed by atoms with Gasteiger partial charge < -0.3 is 14.3 Å². The second-order valence-electron chi connectivity index (χ2n) is 9.10. The SMILES string of the molecule is C=CCC(C=CC[N+](C)(C)CCc1ccccc1)OC(=O)C(O)(C(=C)S/C=C\C)/C(=C/CC)SCC. The molecule has 0 aromatic heterocycles. The van der Waals surface area contributed by atoms with Crippen LogP contribution in [-0.4, -0.2) is 60.2 Å². The van der Waals surface area contributed by atoms with Crippen LogP contribution in [0.3, 0.4) is 0 Å². The van der Waals surface area contributed by atoms with Gasteiger partial charge in [-0.25, -0.2) is 4.79 Å². The third-order valence-electron chi connectivity index (χ3n) is 5.55. The average molecular weight is 531 g/mol. The van der Waals surface area contributed by atoms with E-state index in [1.165, 1.54) is 29.1 Å². The van der Waals surface area contributed by atoms with Crippen LogP contribution in [0.15, 0.2) is 89.1 Å². The highest BCUT2D eigenvalue weighted by atomic mass is 32.2. The minimum absolute atomic E-state index is 0.325. The van der Waals surface area contributed by atoms with Crippen molar-refractivity contribution in [1.29, 1.82) is 0 Å². The van der Waals surface area contributed by atoms with E-state index >= 15 is 0 Å². The number of allylic oxidation sites excluding steroid dienone is 2. The number of nitrogens with zero attached hydrogens (tertiary/aromatic N) is 1. The van der Waals surface area contributed by atoms with Gasteiger partial charge in [-0.15, -0.1) is 18.3 Å². The molecule has 6 heteroatoms. The predicted molar refractivity (Wildman–Crippen MR) is 159 cm³/mol. The van der Waals surface area contributed by atoms with Crippen molar-refractivity contribution in [1.82, 2.24) is 0 Å². The first-order valence-corrected chi connectivity index (χ1v) is 14.4. The molecule has 0 aliphatic heterocycles. The minimum atomic E-state index is -1.92. The van der Waals surface area contributed by atoms with Crippen molar-refractivity contribution in [3.05, 3.63) is 94.7 Å². The molecule has 0 bridgehead atoms. The van der Waals surface area contributed by atoms with E-state index in [1.54, 1.807) is 11.5 Å². The zero-order valence-corrected chi connectivity index (χ0v) is 24.2. The van der Waals surface area contributed by atoms with E-state index in [0.717, 1.165) is 29.7 Å². The van der Waals surface area contributed by atoms with Gasteiger partial charge >= 0.3 is 5.97 Å². The summed E-state index contributed by atoms with van der Waals surface area (Å²) in [4.78, 5) is 14.3. The third kappa shape index (κ3) is 10.6. The summed E-state index contributed by atoms with van der Waals surface area (Å²) >= 11 is 2.67. The first kappa shape index (κ1) is 32.0. The lowest BCUT2D eigenvalue weighted by Crippen LogP contribution is -2.44. The van der Waals surface area contributed by atoms with Crippen LogP contribution in [0.5, 0.6) is 0 Å². The molecular weight excluding hydrogens is 486 g/mol. The molecule has 0 heterocycles. The maximum atomic E-state index is 13.5. The van der Waals surface area contributed by atoms with Crippen molar-refractivity contribution in [3.8, 4) is 0 Å². The van der Waals surface area contributed by atoms with Gasteiger partial charge in [0.15, 0.2) is 0 Å². The van der Waals surface area contributed by atoms with Crippen LogP contribution in [-0.2, 0) is 16.0 Å². The monoisotopic (exact) mass is 530 g/mol. The smallest absolute Gasteiger partial charge is 0.349 e. The van der Waals surface area contributed by atoms with Gasteiger partial charge in [-0.1, -0.05) is 80.7 Å². The quantitative estimate of drug-likeness (QED) is 0.135. The molecule has 0 saturated heterocycles. The van der Waals surface area contributed by atoms with Gasteiger partial charge in [0.05, 0.1) is 27.2 Å². The maximum Gasteiger partial charge on any atom is 0.349 e. The Kier molecular flexibility index (Phi) is 14.9. The number of aliphatic hydroxyl groups is 1. The third-order valence-corrected chi connectivity index (χ3v) is 7.60. The molecule has 0 saturated carbocycles. The van der Waals surface area contributed by atoms with Crippen LogP contribution in [0, 0.1) is 0 Å². The Hall–Kier alpha value is -1.99. The first-order chi connectivity index (χ1) is 17.1. The van der Waals surface area contributed by atoms with E-state index in [-0.39, 0.29) is 0 Å². The Morgan fingerprint density at radius 2 is 1.94 bits per heavy atom. The molecule has 2 unspecified atom stereocenters. The molecule has 0 aliphatic rings. The van der Waals surface area contributed by atoms with Crippen LogP contribution < -0.4 is 0 Å². The first-order valence-electron chi connectivity index (χ1n) is 12.5. The number of ether oxygens (including phenoxy) is 1. The summed E-state index contributed by atoms with van der Waals surface area (Å²) in [6.07, 6.45) is 11.0. The second kappa shape index (κ2) is 16.7. The van der Waals surface area contributed by atoms with Crippen LogP contribution in [0.2, 0.25) is 0 Å². The molecule has 0 fully saturated rings. The highest BCUT2D eigenvalue weighted by Crippen LogP contribution is 2.40. The van der Waals surface area contributed by atoms with Crippen LogP contribution in [0.4, 0.5) is 0 Å². The fourth-order valence-electron chi connectivity index (χ4n) is 3.46. The van der Waals surface area contributed by atoms with Crippen molar-refractivity contribution in [2.24, 2.45) is 0 Å². The number of rotatable bonds is 17. The Balaban J connectivity index is 3.01. The summed E-state index contributed by atoms with van der Waals surface area (Å²) < 4.78 is 6.67. The zero-order chi connectivity index (χ0) is 27.0. The number of benzene rings is 1. The van der Waals surface area contributed by atoms with Gasteiger partial charge in [0, 0.05) is 22.7 Å². The van der Waals surface area contributed by atoms with Gasteiger partial charge in [-0.3, -0.25) is 0 Å². The van der Waals surface area contributed by atoms with Gasteiger partial charge in [-0.05, 0) is 42.2 Å². The number of hydrogen-bond acceptors (Lipinski definition) is 5. The fraction of sp³-hybridized carbons (Fsp3) is 0.433. The lowest BCUT2D eigenvalue weighted by Gasteiger charge is -2.31. The number of likely N-dealkylation sites (N-methyl/N-ethyl adjacent to an activating group) is 1. The van der Waals surface area contributed by atoms with Crippen LogP contribution in [0.1, 0.15) is 39.2 Å². The van der Waals surface area contributed by atoms with E-state index < -0.39 is 17.7 Å². The van der Waals surface area contributed by atoms with Crippen molar-refractivity contribution in [3.63, 3.8) is 0 Å². The van der Waals surface area contributed by atoms with E-state index in [9.17, 15) is 9.90 Å². The van der Waals surface area contributed by atoms with E-state index in [0.29, 0.717) is 22.7 Å². The maximum absolute atomic E-state index is 13.5. The van der Waals surface area contributed by atoms with Crippen LogP contribution in [0.25, 0.3) is 0 Å². The van der Waals surface area contributed by atoms with Gasteiger partial charge in [-0.2, -0.15) is 0 Å². The van der Waals surface area contributed by atoms with Gasteiger partial charge in [0.2, 0.25) is 5.60 Å². The molecule has 1 N–H and O–H groups in total. The van der Waals surface area contributed by atoms with Gasteiger partial charge in [0.25, 0.3) is 0 Å². The Morgan fingerprint density at radius 1 is 1.25 bits per heavy atom. The zero-order valence-electron chi connectivity index (χ0n) is 22.6. The number of hydrogen-bond donors (Lipinski definition) is 1. The number of esters is 1. The molecule has 0 amide bonds. The van der Waals surface area contributed by atoms with Crippen LogP contribution >= 0.6 is 23.5 Å². The normalized spacial score (nSPS) is 15.1. The number of carbonyl (C=O) groups excluding carboxylic acids is 1. The molecule has 1 aromatic rings. The molecule has 1 rings (SSSR count). The standard InChI is InChI=1S/C30H44NO3S2/c1-8-16-27(20-15-22-31(6,7)23-21-26-18-13-12-14-19-26)34-29(32)30(33,25(5)36-24-10-3)28(17-9-2)35-11-4/h8,10,12-15,17-20,24,27,33H,1,5,9,11,16,21-23H2,2-4,6-7H3/q+1/b20-15?,24-10-,28-17-. The summed E-state index contributed by atoms with van der Waals surface area (Å²) in [6, 6.07) is 10.5. The van der Waals surface area contributed by atoms with Crippen molar-refractivity contribution < 1.29 is 19.1 Å². The number of quaternary nitrogens is 1. The predicted octanol–water partition coefficient (Wildman–Crippen LogP) is 6.91. The van der Waals surface area contributed by atoms with Crippen molar-refractivity contribution in [2.75, 3.05) is 32.9 Å². The molecule has 36 heavy (non-hydrogen) atoms. The lowest BCUT2D eigenvalue weighted by atomic mass is 10.0. The van der Waals surface area contributed by atoms with E-state index in [2.05, 4.69) is 57.6 Å². The average Bonchev–Trinajstić information content (AvgIpc) is 2.86. The molecule has 0 spiro atoms. The van der Waals surface area contributed by atoms with E-state index in [1.807, 2.05) is 45.1 Å². The highest BCUT2D eigenvalue weighted by molar-refractivity contribution is 8.06. The molecule has 198 valence electrons. The topological polar surface area (TPSA) is 46.5 Å². The number of thioether (sulfide) groups is 2. The number of carbonyl (C=O) groups is 1. The Labute approximate surface area is 227 Å². The largest absolute Gasteiger partial charge is 0.455 e. The van der Waals surface area contributed by atoms with E-state index in [4.69, 9.17) is 4.74 Å². The molecule has 4 nitrogen and oxygen atoms in total. The minimum Gasteiger partial charge on any atom is -0.455 e. The molecular formula is C30H44NO3S2+. The fourth-order valence-corrected chi connectivity index (χ4v) is 5.20. The molecule has 2 atom stereocenters. The summed E-state index contributed by atoms with van der Waals surface area (Å²) in [5, 5.41) is 13.5. The Morgan fingerprint density at radius 3 is 2.53 bits per heavy atom. The summed E-state index contributed by atoms with van der Waals surface area (Å²) in [7, 11) is 4.37. The molecule has 0 aliphatic carbocycles. The van der Waals surface area contributed by atoms with Crippen molar-refractivity contribution in [2.45, 2.75) is 51.7 Å².